The molecule has 0 aliphatic rings. The normalized spacial score (nSPS) is 11.2. The summed E-state index contributed by atoms with van der Waals surface area (Å²) in [5.41, 5.74) is 2.74. The van der Waals surface area contributed by atoms with Crippen LogP contribution in [0.15, 0.2) is 24.3 Å². The van der Waals surface area contributed by atoms with Crippen LogP contribution in [0.4, 0.5) is 0 Å². The van der Waals surface area contributed by atoms with Gasteiger partial charge in [-0.1, -0.05) is 5.92 Å². The minimum Gasteiger partial charge on any atom is -0.392 e. The molecule has 2 heterocycles. The van der Waals surface area contributed by atoms with E-state index in [1.165, 1.54) is 6.33 Å². The van der Waals surface area contributed by atoms with Gasteiger partial charge in [0.05, 0.1) is 12.9 Å². The number of rotatable bonds is 1. The molecule has 16 heavy (non-hydrogen) atoms. The van der Waals surface area contributed by atoms with E-state index in [1.807, 2.05) is 0 Å². The number of hydrogen-bond acceptors (Lipinski definition) is 4. The molecule has 5 heteroatoms. The summed E-state index contributed by atoms with van der Waals surface area (Å²) < 4.78 is 0. The van der Waals surface area contributed by atoms with Gasteiger partial charge in [0.15, 0.2) is 5.65 Å². The number of aliphatic hydroxyl groups excluding tert-OH is 1. The average Bonchev–Trinajstić information content (AvgIpc) is 2.77. The summed E-state index contributed by atoms with van der Waals surface area (Å²) >= 11 is 0. The van der Waals surface area contributed by atoms with Crippen LogP contribution in [-0.4, -0.2) is 31.6 Å². The maximum absolute atomic E-state index is 8.79. The van der Waals surface area contributed by atoms with Crippen molar-refractivity contribution in [1.82, 2.24) is 19.9 Å². The van der Waals surface area contributed by atoms with Gasteiger partial charge < -0.3 is 10.1 Å². The number of imidazole rings is 1. The standard InChI is InChI=1S/C11H10N4O/c1-8(5-16)3-2-4-9-10-11(14-6-12-9)15-7-13-10/h3,6-7,16H,5H2,1H3,(H,12,13,14,15)/b8-3+. The highest BCUT2D eigenvalue weighted by Crippen LogP contribution is 2.07. The Morgan fingerprint density at radius 2 is 2.38 bits per heavy atom. The lowest BCUT2D eigenvalue weighted by Gasteiger charge is -1.90. The van der Waals surface area contributed by atoms with Crippen molar-refractivity contribution in [2.24, 2.45) is 0 Å². The molecule has 0 spiro atoms. The van der Waals surface area contributed by atoms with Gasteiger partial charge in [0.25, 0.3) is 0 Å². The van der Waals surface area contributed by atoms with Crippen molar-refractivity contribution in [3.05, 3.63) is 30.0 Å². The maximum Gasteiger partial charge on any atom is 0.181 e. The van der Waals surface area contributed by atoms with Gasteiger partial charge in [0.2, 0.25) is 0 Å². The largest absolute Gasteiger partial charge is 0.392 e. The topological polar surface area (TPSA) is 74.7 Å². The van der Waals surface area contributed by atoms with Crippen LogP contribution >= 0.6 is 0 Å². The molecule has 0 aliphatic heterocycles. The molecule has 0 bridgehead atoms. The molecule has 0 aliphatic carbocycles. The fourth-order valence-electron chi connectivity index (χ4n) is 1.13. The summed E-state index contributed by atoms with van der Waals surface area (Å²) in [5.74, 6) is 5.70. The number of fused-ring (bicyclic) bond motifs is 1. The SMILES string of the molecule is C/C(=C\C#Cc1ncnc2nc[nH]c12)CO. The first-order valence-corrected chi connectivity index (χ1v) is 4.73. The number of hydrogen-bond donors (Lipinski definition) is 2. The summed E-state index contributed by atoms with van der Waals surface area (Å²) in [6.45, 7) is 1.82. The van der Waals surface area contributed by atoms with Gasteiger partial charge in [-0.05, 0) is 24.5 Å². The number of aromatic nitrogens is 4. The molecule has 0 fully saturated rings. The molecule has 0 unspecified atom stereocenters. The lowest BCUT2D eigenvalue weighted by atomic mass is 10.3. The fraction of sp³-hybridized carbons (Fsp3) is 0.182. The molecule has 2 rings (SSSR count). The Kier molecular flexibility index (Phi) is 2.94. The third kappa shape index (κ3) is 2.07. The highest BCUT2D eigenvalue weighted by molar-refractivity contribution is 5.75. The predicted molar refractivity (Wildman–Crippen MR) is 59.4 cm³/mol. The molecule has 0 saturated heterocycles. The second kappa shape index (κ2) is 4.55. The van der Waals surface area contributed by atoms with Gasteiger partial charge in [-0.3, -0.25) is 0 Å². The lowest BCUT2D eigenvalue weighted by Crippen LogP contribution is -1.87. The fourth-order valence-corrected chi connectivity index (χ4v) is 1.13. The van der Waals surface area contributed by atoms with Crippen LogP contribution in [0.5, 0.6) is 0 Å². The van der Waals surface area contributed by atoms with E-state index in [2.05, 4.69) is 31.8 Å². The quantitative estimate of drug-likeness (QED) is 0.683. The summed E-state index contributed by atoms with van der Waals surface area (Å²) in [5, 5.41) is 8.79. The first-order chi connectivity index (χ1) is 7.81. The Morgan fingerprint density at radius 3 is 3.19 bits per heavy atom. The van der Waals surface area contributed by atoms with Crippen molar-refractivity contribution in [1.29, 1.82) is 0 Å². The summed E-state index contributed by atoms with van der Waals surface area (Å²) in [7, 11) is 0. The number of nitrogens with zero attached hydrogens (tertiary/aromatic N) is 3. The smallest absolute Gasteiger partial charge is 0.181 e. The van der Waals surface area contributed by atoms with Crippen LogP contribution in [0.3, 0.4) is 0 Å². The second-order valence-electron chi connectivity index (χ2n) is 3.24. The second-order valence-corrected chi connectivity index (χ2v) is 3.24. The van der Waals surface area contributed by atoms with E-state index in [0.717, 1.165) is 11.1 Å². The zero-order chi connectivity index (χ0) is 11.4. The van der Waals surface area contributed by atoms with Crippen LogP contribution in [0, 0.1) is 11.8 Å². The highest BCUT2D eigenvalue weighted by Gasteiger charge is 2.01. The van der Waals surface area contributed by atoms with Crippen molar-refractivity contribution in [2.75, 3.05) is 6.61 Å². The first kappa shape index (κ1) is 10.3. The number of H-pyrrole nitrogens is 1. The number of aliphatic hydroxyl groups is 1. The molecular weight excluding hydrogens is 204 g/mol. The van der Waals surface area contributed by atoms with Gasteiger partial charge in [0, 0.05) is 0 Å². The van der Waals surface area contributed by atoms with E-state index in [-0.39, 0.29) is 6.61 Å². The van der Waals surface area contributed by atoms with Crippen molar-refractivity contribution in [3.8, 4) is 11.8 Å². The summed E-state index contributed by atoms with van der Waals surface area (Å²) in [6.07, 6.45) is 4.64. The Hall–Kier alpha value is -2.19. The Labute approximate surface area is 92.3 Å². The van der Waals surface area contributed by atoms with Crippen molar-refractivity contribution in [2.45, 2.75) is 6.92 Å². The molecular formula is C11H10N4O. The van der Waals surface area contributed by atoms with Crippen LogP contribution < -0.4 is 0 Å². The van der Waals surface area contributed by atoms with E-state index in [1.54, 1.807) is 19.3 Å². The molecule has 2 N–H and O–H groups in total. The molecule has 0 radical (unpaired) electrons. The van der Waals surface area contributed by atoms with Gasteiger partial charge in [0.1, 0.15) is 17.5 Å². The van der Waals surface area contributed by atoms with E-state index in [0.29, 0.717) is 11.3 Å². The average molecular weight is 214 g/mol. The molecule has 2 aromatic heterocycles. The third-order valence-electron chi connectivity index (χ3n) is 1.98. The summed E-state index contributed by atoms with van der Waals surface area (Å²) in [4.78, 5) is 15.0. The Morgan fingerprint density at radius 1 is 1.50 bits per heavy atom. The molecule has 0 atom stereocenters. The minimum absolute atomic E-state index is 0.0118. The van der Waals surface area contributed by atoms with Crippen LogP contribution in [0.1, 0.15) is 12.6 Å². The Bertz CT molecular complexity index is 589. The molecule has 0 amide bonds. The van der Waals surface area contributed by atoms with E-state index in [4.69, 9.17) is 5.11 Å². The third-order valence-corrected chi connectivity index (χ3v) is 1.98. The molecule has 0 aromatic carbocycles. The van der Waals surface area contributed by atoms with Gasteiger partial charge in [-0.25, -0.2) is 15.0 Å². The number of aromatic amines is 1. The molecule has 80 valence electrons. The van der Waals surface area contributed by atoms with Crippen LogP contribution in [0.2, 0.25) is 0 Å². The van der Waals surface area contributed by atoms with Gasteiger partial charge in [-0.15, -0.1) is 0 Å². The van der Waals surface area contributed by atoms with Crippen LogP contribution in [0.25, 0.3) is 11.2 Å². The Balaban J connectivity index is 2.37. The predicted octanol–water partition coefficient (Wildman–Crippen LogP) is 0.643. The van der Waals surface area contributed by atoms with E-state index < -0.39 is 0 Å². The zero-order valence-electron chi connectivity index (χ0n) is 8.73. The number of nitrogens with one attached hydrogen (secondary N) is 1. The van der Waals surface area contributed by atoms with E-state index in [9.17, 15) is 0 Å². The minimum atomic E-state index is 0.0118. The van der Waals surface area contributed by atoms with Crippen molar-refractivity contribution >= 4 is 11.2 Å². The monoisotopic (exact) mass is 214 g/mol. The molecule has 0 saturated carbocycles. The van der Waals surface area contributed by atoms with Gasteiger partial charge >= 0.3 is 0 Å². The van der Waals surface area contributed by atoms with Crippen LogP contribution in [-0.2, 0) is 0 Å². The molecule has 5 nitrogen and oxygen atoms in total. The van der Waals surface area contributed by atoms with Crippen molar-refractivity contribution < 1.29 is 5.11 Å². The zero-order valence-corrected chi connectivity index (χ0v) is 8.73. The summed E-state index contributed by atoms with van der Waals surface area (Å²) in [6, 6.07) is 0. The maximum atomic E-state index is 8.79. The van der Waals surface area contributed by atoms with Crippen molar-refractivity contribution in [3.63, 3.8) is 0 Å². The first-order valence-electron chi connectivity index (χ1n) is 4.73. The van der Waals surface area contributed by atoms with Gasteiger partial charge in [-0.2, -0.15) is 0 Å². The molecule has 2 aromatic rings. The lowest BCUT2D eigenvalue weighted by molar-refractivity contribution is 0.331. The number of allylic oxidation sites excluding steroid dienone is 1. The van der Waals surface area contributed by atoms with E-state index >= 15 is 0 Å². The highest BCUT2D eigenvalue weighted by atomic mass is 16.3.